The van der Waals surface area contributed by atoms with Crippen LogP contribution in [0.5, 0.6) is 11.5 Å². The monoisotopic (exact) mass is 254 g/mol. The van der Waals surface area contributed by atoms with Crippen molar-refractivity contribution in [1.82, 2.24) is 0 Å². The van der Waals surface area contributed by atoms with E-state index in [2.05, 4.69) is 0 Å². The van der Waals surface area contributed by atoms with Crippen LogP contribution in [0.2, 0.25) is 0 Å². The quantitative estimate of drug-likeness (QED) is 0.831. The third-order valence-electron chi connectivity index (χ3n) is 2.50. The SMILES string of the molecule is COc1ccc(O)c(-c2cc(F)c(F)cc2F)c1. The van der Waals surface area contributed by atoms with Crippen molar-refractivity contribution in [3.05, 3.63) is 47.8 Å². The maximum Gasteiger partial charge on any atom is 0.161 e. The largest absolute Gasteiger partial charge is 0.507 e. The van der Waals surface area contributed by atoms with Crippen LogP contribution in [0.4, 0.5) is 13.2 Å². The highest BCUT2D eigenvalue weighted by atomic mass is 19.2. The van der Waals surface area contributed by atoms with Crippen molar-refractivity contribution in [2.24, 2.45) is 0 Å². The van der Waals surface area contributed by atoms with E-state index in [1.807, 2.05) is 0 Å². The molecule has 0 fully saturated rings. The molecule has 0 saturated heterocycles. The molecule has 0 aromatic heterocycles. The van der Waals surface area contributed by atoms with Gasteiger partial charge in [0.1, 0.15) is 17.3 Å². The third-order valence-corrected chi connectivity index (χ3v) is 2.50. The number of hydrogen-bond acceptors (Lipinski definition) is 2. The zero-order valence-corrected chi connectivity index (χ0v) is 9.38. The Bertz CT molecular complexity index is 597. The Balaban J connectivity index is 2.64. The number of halogens is 3. The predicted molar refractivity (Wildman–Crippen MR) is 60.0 cm³/mol. The van der Waals surface area contributed by atoms with E-state index in [0.29, 0.717) is 17.9 Å². The predicted octanol–water partition coefficient (Wildman–Crippen LogP) is 3.49. The van der Waals surface area contributed by atoms with Gasteiger partial charge < -0.3 is 9.84 Å². The summed E-state index contributed by atoms with van der Waals surface area (Å²) in [6.07, 6.45) is 0. The van der Waals surface area contributed by atoms with Crippen molar-refractivity contribution in [3.8, 4) is 22.6 Å². The van der Waals surface area contributed by atoms with E-state index in [1.165, 1.54) is 25.3 Å². The summed E-state index contributed by atoms with van der Waals surface area (Å²) in [5.74, 6) is -3.31. The van der Waals surface area contributed by atoms with Gasteiger partial charge in [-0.3, -0.25) is 0 Å². The highest BCUT2D eigenvalue weighted by Gasteiger charge is 2.15. The zero-order chi connectivity index (χ0) is 13.3. The lowest BCUT2D eigenvalue weighted by Gasteiger charge is -2.09. The summed E-state index contributed by atoms with van der Waals surface area (Å²) in [7, 11) is 1.40. The minimum Gasteiger partial charge on any atom is -0.507 e. The molecule has 0 bridgehead atoms. The lowest BCUT2D eigenvalue weighted by atomic mass is 10.0. The first-order valence-corrected chi connectivity index (χ1v) is 5.05. The van der Waals surface area contributed by atoms with Crippen LogP contribution >= 0.6 is 0 Å². The van der Waals surface area contributed by atoms with Gasteiger partial charge in [-0.1, -0.05) is 0 Å². The molecule has 0 aliphatic rings. The fourth-order valence-corrected chi connectivity index (χ4v) is 1.59. The Labute approximate surface area is 101 Å². The minimum atomic E-state index is -1.28. The van der Waals surface area contributed by atoms with Crippen LogP contribution in [0.25, 0.3) is 11.1 Å². The van der Waals surface area contributed by atoms with E-state index in [1.54, 1.807) is 0 Å². The molecule has 5 heteroatoms. The highest BCUT2D eigenvalue weighted by Crippen LogP contribution is 2.34. The van der Waals surface area contributed by atoms with Gasteiger partial charge in [0, 0.05) is 17.2 Å². The van der Waals surface area contributed by atoms with Crippen molar-refractivity contribution < 1.29 is 23.0 Å². The fourth-order valence-electron chi connectivity index (χ4n) is 1.59. The lowest BCUT2D eigenvalue weighted by Crippen LogP contribution is -1.92. The van der Waals surface area contributed by atoms with Crippen LogP contribution in [-0.4, -0.2) is 12.2 Å². The average molecular weight is 254 g/mol. The van der Waals surface area contributed by atoms with Crippen LogP contribution in [0.3, 0.4) is 0 Å². The Morgan fingerprint density at radius 1 is 0.889 bits per heavy atom. The topological polar surface area (TPSA) is 29.5 Å². The first kappa shape index (κ1) is 12.3. The number of phenols is 1. The third kappa shape index (κ3) is 2.11. The molecular formula is C13H9F3O2. The average Bonchev–Trinajstić information content (AvgIpc) is 2.35. The molecule has 2 aromatic rings. The molecule has 0 atom stereocenters. The van der Waals surface area contributed by atoms with Gasteiger partial charge in [0.15, 0.2) is 11.6 Å². The molecule has 1 N–H and O–H groups in total. The molecule has 2 aromatic carbocycles. The summed E-state index contributed by atoms with van der Waals surface area (Å²) in [5.41, 5.74) is -0.198. The van der Waals surface area contributed by atoms with Gasteiger partial charge in [0.2, 0.25) is 0 Å². The van der Waals surface area contributed by atoms with E-state index < -0.39 is 17.5 Å². The lowest BCUT2D eigenvalue weighted by molar-refractivity contribution is 0.412. The Kier molecular flexibility index (Phi) is 3.14. The first-order chi connectivity index (χ1) is 8.52. The molecule has 0 amide bonds. The van der Waals surface area contributed by atoms with Crippen molar-refractivity contribution in [1.29, 1.82) is 0 Å². The molecule has 2 rings (SSSR count). The van der Waals surface area contributed by atoms with Gasteiger partial charge in [-0.05, 0) is 24.3 Å². The van der Waals surface area contributed by atoms with Crippen LogP contribution in [0, 0.1) is 17.5 Å². The zero-order valence-electron chi connectivity index (χ0n) is 9.38. The summed E-state index contributed by atoms with van der Waals surface area (Å²) in [4.78, 5) is 0. The van der Waals surface area contributed by atoms with E-state index in [4.69, 9.17) is 4.74 Å². The van der Waals surface area contributed by atoms with Crippen LogP contribution in [0.15, 0.2) is 30.3 Å². The van der Waals surface area contributed by atoms with Crippen molar-refractivity contribution >= 4 is 0 Å². The van der Waals surface area contributed by atoms with Gasteiger partial charge in [0.05, 0.1) is 7.11 Å². The minimum absolute atomic E-state index is 0.0331. The summed E-state index contributed by atoms with van der Waals surface area (Å²) >= 11 is 0. The van der Waals surface area contributed by atoms with E-state index in [9.17, 15) is 18.3 Å². The molecule has 0 spiro atoms. The molecule has 0 saturated carbocycles. The molecule has 0 aliphatic heterocycles. The van der Waals surface area contributed by atoms with Crippen LogP contribution in [-0.2, 0) is 0 Å². The van der Waals surface area contributed by atoms with Crippen molar-refractivity contribution in [3.63, 3.8) is 0 Å². The summed E-state index contributed by atoms with van der Waals surface area (Å²) in [6, 6.07) is 5.22. The summed E-state index contributed by atoms with van der Waals surface area (Å²) in [6.45, 7) is 0. The van der Waals surface area contributed by atoms with Gasteiger partial charge in [0.25, 0.3) is 0 Å². The summed E-state index contributed by atoms with van der Waals surface area (Å²) < 4.78 is 44.4. The van der Waals surface area contributed by atoms with Gasteiger partial charge in [-0.2, -0.15) is 0 Å². The Morgan fingerprint density at radius 3 is 2.22 bits per heavy atom. The molecule has 94 valence electrons. The standard InChI is InChI=1S/C13H9F3O2/c1-18-7-2-3-13(17)9(4-7)8-5-11(15)12(16)6-10(8)14/h2-6,17H,1H3. The van der Waals surface area contributed by atoms with E-state index in [0.717, 1.165) is 0 Å². The van der Waals surface area contributed by atoms with Crippen molar-refractivity contribution in [2.75, 3.05) is 7.11 Å². The van der Waals surface area contributed by atoms with Crippen LogP contribution < -0.4 is 4.74 Å². The molecule has 2 nitrogen and oxygen atoms in total. The number of benzene rings is 2. The van der Waals surface area contributed by atoms with Crippen LogP contribution in [0.1, 0.15) is 0 Å². The summed E-state index contributed by atoms with van der Waals surface area (Å²) in [5, 5.41) is 9.63. The van der Waals surface area contributed by atoms with E-state index in [-0.39, 0.29) is 16.9 Å². The van der Waals surface area contributed by atoms with Gasteiger partial charge in [-0.15, -0.1) is 0 Å². The molecule has 0 unspecified atom stereocenters. The number of hydrogen-bond donors (Lipinski definition) is 1. The second-order valence-corrected chi connectivity index (χ2v) is 3.63. The smallest absolute Gasteiger partial charge is 0.161 e. The Hall–Kier alpha value is -2.17. The fraction of sp³-hybridized carbons (Fsp3) is 0.0769. The highest BCUT2D eigenvalue weighted by molar-refractivity contribution is 5.72. The number of phenolic OH excluding ortho intramolecular Hbond substituents is 1. The Morgan fingerprint density at radius 2 is 1.56 bits per heavy atom. The molecular weight excluding hydrogens is 245 g/mol. The normalized spacial score (nSPS) is 10.4. The second-order valence-electron chi connectivity index (χ2n) is 3.63. The molecule has 18 heavy (non-hydrogen) atoms. The molecule has 0 radical (unpaired) electrons. The number of methoxy groups -OCH3 is 1. The number of ether oxygens (including phenoxy) is 1. The maximum atomic E-state index is 13.6. The maximum absolute atomic E-state index is 13.6. The number of aromatic hydroxyl groups is 1. The first-order valence-electron chi connectivity index (χ1n) is 5.05. The van der Waals surface area contributed by atoms with Gasteiger partial charge in [-0.25, -0.2) is 13.2 Å². The molecule has 0 heterocycles. The van der Waals surface area contributed by atoms with Crippen molar-refractivity contribution in [2.45, 2.75) is 0 Å². The van der Waals surface area contributed by atoms with E-state index >= 15 is 0 Å². The molecule has 0 aliphatic carbocycles. The second kappa shape index (κ2) is 4.60. The van der Waals surface area contributed by atoms with Gasteiger partial charge >= 0.3 is 0 Å². The number of rotatable bonds is 2.